The van der Waals surface area contributed by atoms with Crippen LogP contribution in [-0.2, 0) is 18.3 Å². The van der Waals surface area contributed by atoms with Crippen molar-refractivity contribution < 1.29 is 13.6 Å². The lowest BCUT2D eigenvalue weighted by atomic mass is 10.0. The molecule has 1 aliphatic heterocycles. The third-order valence-electron chi connectivity index (χ3n) is 4.66. The molecule has 1 amide bonds. The second-order valence-corrected chi connectivity index (χ2v) is 6.61. The maximum absolute atomic E-state index is 13.3. The molecule has 2 N–H and O–H groups in total. The first kappa shape index (κ1) is 18.8. The van der Waals surface area contributed by atoms with Crippen LogP contribution in [-0.4, -0.2) is 39.5 Å². The van der Waals surface area contributed by atoms with Crippen molar-refractivity contribution >= 4 is 11.6 Å². The van der Waals surface area contributed by atoms with E-state index in [4.69, 9.17) is 0 Å². The van der Waals surface area contributed by atoms with E-state index >= 15 is 0 Å². The summed E-state index contributed by atoms with van der Waals surface area (Å²) < 4.78 is 27.3. The van der Waals surface area contributed by atoms with Crippen LogP contribution in [0.3, 0.4) is 0 Å². The molecule has 1 saturated heterocycles. The molecule has 144 valence electrons. The van der Waals surface area contributed by atoms with Gasteiger partial charge >= 0.3 is 5.69 Å². The first-order chi connectivity index (χ1) is 12.8. The molecule has 2 heterocycles. The van der Waals surface area contributed by atoms with Crippen molar-refractivity contribution in [1.82, 2.24) is 14.5 Å². The van der Waals surface area contributed by atoms with Gasteiger partial charge in [-0.25, -0.2) is 13.6 Å². The average Bonchev–Trinajstić information content (AvgIpc) is 2.65. The zero-order valence-electron chi connectivity index (χ0n) is 14.8. The summed E-state index contributed by atoms with van der Waals surface area (Å²) in [6.45, 7) is 0.944. The second kappa shape index (κ2) is 7.73. The van der Waals surface area contributed by atoms with Gasteiger partial charge in [0.05, 0.1) is 6.42 Å². The van der Waals surface area contributed by atoms with E-state index in [9.17, 15) is 23.2 Å². The van der Waals surface area contributed by atoms with Crippen molar-refractivity contribution in [2.45, 2.75) is 25.3 Å². The van der Waals surface area contributed by atoms with E-state index in [0.717, 1.165) is 29.5 Å². The van der Waals surface area contributed by atoms with Crippen LogP contribution in [0.4, 0.5) is 14.5 Å². The number of likely N-dealkylation sites (tertiary alicyclic amines) is 1. The molecule has 9 heteroatoms. The number of hydrogen-bond acceptors (Lipinski definition) is 4. The Morgan fingerprint density at radius 3 is 2.81 bits per heavy atom. The van der Waals surface area contributed by atoms with E-state index in [2.05, 4.69) is 10.3 Å². The lowest BCUT2D eigenvalue weighted by Crippen LogP contribution is -2.46. The summed E-state index contributed by atoms with van der Waals surface area (Å²) in [7, 11) is 1.35. The number of anilines is 1. The Labute approximate surface area is 153 Å². The Morgan fingerprint density at radius 1 is 1.30 bits per heavy atom. The minimum atomic E-state index is -0.933. The minimum Gasteiger partial charge on any atom is -0.380 e. The van der Waals surface area contributed by atoms with Crippen LogP contribution in [0.2, 0.25) is 0 Å². The van der Waals surface area contributed by atoms with E-state index in [1.807, 2.05) is 0 Å². The molecule has 1 fully saturated rings. The zero-order chi connectivity index (χ0) is 19.6. The number of hydrogen-bond donors (Lipinski definition) is 2. The van der Waals surface area contributed by atoms with E-state index in [0.29, 0.717) is 18.8 Å². The van der Waals surface area contributed by atoms with Gasteiger partial charge < -0.3 is 15.2 Å². The number of nitrogens with zero attached hydrogens (tertiary/aromatic N) is 2. The molecule has 0 spiro atoms. The van der Waals surface area contributed by atoms with Gasteiger partial charge in [-0.05, 0) is 25.0 Å². The molecule has 2 aromatic rings. The molecule has 3 rings (SSSR count). The predicted octanol–water partition coefficient (Wildman–Crippen LogP) is 0.997. The van der Waals surface area contributed by atoms with E-state index < -0.39 is 22.9 Å². The summed E-state index contributed by atoms with van der Waals surface area (Å²) in [6, 6.07) is 3.48. The van der Waals surface area contributed by atoms with Gasteiger partial charge in [-0.2, -0.15) is 0 Å². The van der Waals surface area contributed by atoms with Crippen molar-refractivity contribution in [1.29, 1.82) is 0 Å². The van der Waals surface area contributed by atoms with Crippen molar-refractivity contribution in [3.63, 3.8) is 0 Å². The molecule has 0 saturated carbocycles. The van der Waals surface area contributed by atoms with Crippen molar-refractivity contribution in [3.05, 3.63) is 62.4 Å². The molecular weight excluding hydrogens is 358 g/mol. The summed E-state index contributed by atoms with van der Waals surface area (Å²) >= 11 is 0. The smallest absolute Gasteiger partial charge is 0.328 e. The Morgan fingerprint density at radius 2 is 2.07 bits per heavy atom. The molecule has 0 bridgehead atoms. The number of carbonyl (C=O) groups is 1. The summed E-state index contributed by atoms with van der Waals surface area (Å²) in [5, 5.41) is 3.11. The van der Waals surface area contributed by atoms with E-state index in [1.165, 1.54) is 19.3 Å². The number of piperidine rings is 1. The highest BCUT2D eigenvalue weighted by atomic mass is 19.2. The molecule has 7 nitrogen and oxygen atoms in total. The van der Waals surface area contributed by atoms with Crippen molar-refractivity contribution in [2.24, 2.45) is 7.05 Å². The highest BCUT2D eigenvalue weighted by Gasteiger charge is 2.24. The van der Waals surface area contributed by atoms with Crippen LogP contribution in [0, 0.1) is 11.6 Å². The number of amides is 1. The van der Waals surface area contributed by atoms with E-state index in [-0.39, 0.29) is 23.9 Å². The van der Waals surface area contributed by atoms with Crippen LogP contribution >= 0.6 is 0 Å². The summed E-state index contributed by atoms with van der Waals surface area (Å²) in [5.74, 6) is -2.07. The van der Waals surface area contributed by atoms with Gasteiger partial charge in [-0.3, -0.25) is 14.2 Å². The molecular formula is C18H20F2N4O3. The standard InChI is InChI=1S/C18H20F2N4O3/c1-23-17(26)11(9-21-18(23)27)7-16(25)24-6-2-3-13(10-24)22-12-4-5-14(19)15(20)8-12/h4-5,8-9,13,22H,2-3,6-7,10H2,1H3,(H,21,27)/t13-/m0/s1. The van der Waals surface area contributed by atoms with Crippen molar-refractivity contribution in [3.8, 4) is 0 Å². The predicted molar refractivity (Wildman–Crippen MR) is 95.6 cm³/mol. The Balaban J connectivity index is 1.66. The first-order valence-corrected chi connectivity index (χ1v) is 8.62. The van der Waals surface area contributed by atoms with Crippen molar-refractivity contribution in [2.75, 3.05) is 18.4 Å². The Bertz CT molecular complexity index is 970. The number of aromatic nitrogens is 2. The van der Waals surface area contributed by atoms with Gasteiger partial charge in [0.25, 0.3) is 5.56 Å². The highest BCUT2D eigenvalue weighted by Crippen LogP contribution is 2.19. The SMILES string of the molecule is Cn1c(=O)[nH]cc(CC(=O)N2CCC[C@H](Nc3ccc(F)c(F)c3)C2)c1=O. The molecule has 1 aliphatic rings. The summed E-state index contributed by atoms with van der Waals surface area (Å²) in [4.78, 5) is 40.1. The van der Waals surface area contributed by atoms with Gasteiger partial charge in [0.2, 0.25) is 5.91 Å². The normalized spacial score (nSPS) is 17.0. The number of carbonyl (C=O) groups excluding carboxylic acids is 1. The number of nitrogens with one attached hydrogen (secondary N) is 2. The number of benzene rings is 1. The van der Waals surface area contributed by atoms with Crippen LogP contribution in [0.15, 0.2) is 34.0 Å². The fourth-order valence-electron chi connectivity index (χ4n) is 3.16. The Hall–Kier alpha value is -2.97. The second-order valence-electron chi connectivity index (χ2n) is 6.61. The zero-order valence-corrected chi connectivity index (χ0v) is 14.8. The molecule has 0 aliphatic carbocycles. The average molecular weight is 378 g/mol. The lowest BCUT2D eigenvalue weighted by molar-refractivity contribution is -0.131. The van der Waals surface area contributed by atoms with Gasteiger partial charge in [0.15, 0.2) is 11.6 Å². The van der Waals surface area contributed by atoms with Crippen LogP contribution in [0.1, 0.15) is 18.4 Å². The van der Waals surface area contributed by atoms with Gasteiger partial charge in [0.1, 0.15) is 0 Å². The third-order valence-corrected chi connectivity index (χ3v) is 4.66. The van der Waals surface area contributed by atoms with Crippen LogP contribution in [0.5, 0.6) is 0 Å². The number of halogens is 2. The van der Waals surface area contributed by atoms with E-state index in [1.54, 1.807) is 4.90 Å². The third kappa shape index (κ3) is 4.24. The molecule has 0 radical (unpaired) electrons. The fraction of sp³-hybridized carbons (Fsp3) is 0.389. The van der Waals surface area contributed by atoms with Crippen LogP contribution < -0.4 is 16.6 Å². The van der Waals surface area contributed by atoms with Gasteiger partial charge in [-0.1, -0.05) is 0 Å². The summed E-state index contributed by atoms with van der Waals surface area (Å²) in [5.41, 5.74) is -0.369. The number of rotatable bonds is 4. The molecule has 27 heavy (non-hydrogen) atoms. The largest absolute Gasteiger partial charge is 0.380 e. The van der Waals surface area contributed by atoms with Crippen LogP contribution in [0.25, 0.3) is 0 Å². The minimum absolute atomic E-state index is 0.106. The summed E-state index contributed by atoms with van der Waals surface area (Å²) in [6.07, 6.45) is 2.69. The Kier molecular flexibility index (Phi) is 5.38. The maximum atomic E-state index is 13.3. The molecule has 1 aromatic heterocycles. The first-order valence-electron chi connectivity index (χ1n) is 8.62. The highest BCUT2D eigenvalue weighted by molar-refractivity contribution is 5.78. The van der Waals surface area contributed by atoms with Gasteiger partial charge in [-0.15, -0.1) is 0 Å². The number of H-pyrrole nitrogens is 1. The quantitative estimate of drug-likeness (QED) is 0.831. The monoisotopic (exact) mass is 378 g/mol. The number of aromatic amines is 1. The van der Waals surface area contributed by atoms with Gasteiger partial charge in [0, 0.05) is 49.7 Å². The molecule has 0 unspecified atom stereocenters. The fourth-order valence-corrected chi connectivity index (χ4v) is 3.16. The molecule has 1 atom stereocenters. The lowest BCUT2D eigenvalue weighted by Gasteiger charge is -2.33. The maximum Gasteiger partial charge on any atom is 0.328 e. The topological polar surface area (TPSA) is 87.2 Å². The molecule has 1 aromatic carbocycles.